The van der Waals surface area contributed by atoms with E-state index < -0.39 is 0 Å². The molecule has 2 atom stereocenters. The first-order valence-electron chi connectivity index (χ1n) is 7.92. The highest BCUT2D eigenvalue weighted by atomic mass is 16.5. The number of likely N-dealkylation sites (N-methyl/N-ethyl adjacent to an activating group) is 1. The minimum Gasteiger partial charge on any atom is -0.492 e. The summed E-state index contributed by atoms with van der Waals surface area (Å²) in [4.78, 5) is 0. The Hall–Kier alpha value is -1.06. The second kappa shape index (κ2) is 6.59. The van der Waals surface area contributed by atoms with Crippen molar-refractivity contribution in [3.8, 4) is 5.75 Å². The van der Waals surface area contributed by atoms with Gasteiger partial charge in [0.15, 0.2) is 0 Å². The molecule has 1 N–H and O–H groups in total. The standard InChI is InChI=1S/C17H25NO2/c1-2-18-17(15-8-9-19-11-15)12-20-16-7-6-13-4-3-5-14(13)10-16/h6-7,10,15,17-18H,2-5,8-9,11-12H2,1H3. The van der Waals surface area contributed by atoms with Crippen molar-refractivity contribution in [1.82, 2.24) is 5.32 Å². The molecule has 0 amide bonds. The van der Waals surface area contributed by atoms with Crippen LogP contribution in [0.4, 0.5) is 0 Å². The molecule has 1 fully saturated rings. The van der Waals surface area contributed by atoms with Gasteiger partial charge in [-0.2, -0.15) is 0 Å². The first kappa shape index (κ1) is 13.9. The predicted molar refractivity (Wildman–Crippen MR) is 80.4 cm³/mol. The lowest BCUT2D eigenvalue weighted by Crippen LogP contribution is -2.41. The highest BCUT2D eigenvalue weighted by molar-refractivity contribution is 5.38. The molecule has 20 heavy (non-hydrogen) atoms. The Kier molecular flexibility index (Phi) is 4.58. The average molecular weight is 275 g/mol. The minimum absolute atomic E-state index is 0.399. The Morgan fingerprint density at radius 1 is 1.35 bits per heavy atom. The van der Waals surface area contributed by atoms with Gasteiger partial charge in [-0.25, -0.2) is 0 Å². The highest BCUT2D eigenvalue weighted by Gasteiger charge is 2.25. The fraction of sp³-hybridized carbons (Fsp3) is 0.647. The lowest BCUT2D eigenvalue weighted by Gasteiger charge is -2.23. The SMILES string of the molecule is CCNC(COc1ccc2c(c1)CCC2)C1CCOC1. The van der Waals surface area contributed by atoms with E-state index in [0.29, 0.717) is 12.0 Å². The topological polar surface area (TPSA) is 30.5 Å². The second-order valence-electron chi connectivity index (χ2n) is 5.88. The van der Waals surface area contributed by atoms with Crippen molar-refractivity contribution in [2.45, 2.75) is 38.6 Å². The predicted octanol–water partition coefficient (Wildman–Crippen LogP) is 2.57. The summed E-state index contributed by atoms with van der Waals surface area (Å²) in [6.07, 6.45) is 4.87. The molecule has 3 heteroatoms. The van der Waals surface area contributed by atoms with Crippen LogP contribution in [0.1, 0.15) is 30.9 Å². The van der Waals surface area contributed by atoms with Crippen molar-refractivity contribution < 1.29 is 9.47 Å². The van der Waals surface area contributed by atoms with E-state index in [0.717, 1.165) is 38.5 Å². The van der Waals surface area contributed by atoms with Gasteiger partial charge in [0.1, 0.15) is 12.4 Å². The van der Waals surface area contributed by atoms with Crippen molar-refractivity contribution in [2.24, 2.45) is 5.92 Å². The molecule has 110 valence electrons. The third kappa shape index (κ3) is 3.15. The van der Waals surface area contributed by atoms with Gasteiger partial charge in [0.05, 0.1) is 6.61 Å². The molecule has 0 saturated carbocycles. The lowest BCUT2D eigenvalue weighted by atomic mass is 10.00. The molecule has 0 bridgehead atoms. The highest BCUT2D eigenvalue weighted by Crippen LogP contribution is 2.26. The molecule has 1 aromatic rings. The maximum absolute atomic E-state index is 6.04. The van der Waals surface area contributed by atoms with Crippen molar-refractivity contribution in [3.05, 3.63) is 29.3 Å². The summed E-state index contributed by atoms with van der Waals surface area (Å²) in [5.74, 6) is 1.61. The van der Waals surface area contributed by atoms with Crippen molar-refractivity contribution in [3.63, 3.8) is 0 Å². The summed E-state index contributed by atoms with van der Waals surface area (Å²) in [6, 6.07) is 6.99. The summed E-state index contributed by atoms with van der Waals surface area (Å²) >= 11 is 0. The molecule has 0 aromatic heterocycles. The number of nitrogens with one attached hydrogen (secondary N) is 1. The molecule has 3 rings (SSSR count). The smallest absolute Gasteiger partial charge is 0.119 e. The largest absolute Gasteiger partial charge is 0.492 e. The molecule has 2 aliphatic rings. The zero-order valence-electron chi connectivity index (χ0n) is 12.4. The van der Waals surface area contributed by atoms with Gasteiger partial charge >= 0.3 is 0 Å². The average Bonchev–Trinajstić information content (AvgIpc) is 3.13. The van der Waals surface area contributed by atoms with Gasteiger partial charge in [-0.1, -0.05) is 13.0 Å². The number of aryl methyl sites for hydroxylation is 2. The Balaban J connectivity index is 1.58. The lowest BCUT2D eigenvalue weighted by molar-refractivity contribution is 0.161. The number of benzene rings is 1. The Labute approximate surface area is 121 Å². The van der Waals surface area contributed by atoms with Gasteiger partial charge in [-0.3, -0.25) is 0 Å². The van der Waals surface area contributed by atoms with Gasteiger partial charge in [-0.15, -0.1) is 0 Å². The first-order chi connectivity index (χ1) is 9.86. The van der Waals surface area contributed by atoms with Crippen LogP contribution in [0.5, 0.6) is 5.75 Å². The molecule has 0 radical (unpaired) electrons. The van der Waals surface area contributed by atoms with E-state index in [4.69, 9.17) is 9.47 Å². The third-order valence-electron chi connectivity index (χ3n) is 4.50. The molecule has 1 aliphatic carbocycles. The summed E-state index contributed by atoms with van der Waals surface area (Å²) < 4.78 is 11.5. The van der Waals surface area contributed by atoms with E-state index in [-0.39, 0.29) is 0 Å². The Morgan fingerprint density at radius 2 is 2.25 bits per heavy atom. The number of ether oxygens (including phenoxy) is 2. The van der Waals surface area contributed by atoms with E-state index in [1.54, 1.807) is 0 Å². The minimum atomic E-state index is 0.399. The fourth-order valence-electron chi connectivity index (χ4n) is 3.32. The third-order valence-corrected chi connectivity index (χ3v) is 4.50. The van der Waals surface area contributed by atoms with Crippen molar-refractivity contribution in [2.75, 3.05) is 26.4 Å². The normalized spacial score (nSPS) is 22.8. The monoisotopic (exact) mass is 275 g/mol. The molecule has 1 aromatic carbocycles. The van der Waals surface area contributed by atoms with Crippen LogP contribution in [0, 0.1) is 5.92 Å². The van der Waals surface area contributed by atoms with Crippen molar-refractivity contribution in [1.29, 1.82) is 0 Å². The maximum Gasteiger partial charge on any atom is 0.119 e. The van der Waals surface area contributed by atoms with Gasteiger partial charge < -0.3 is 14.8 Å². The number of hydrogen-bond donors (Lipinski definition) is 1. The maximum atomic E-state index is 6.04. The van der Waals surface area contributed by atoms with Crippen LogP contribution in [0.3, 0.4) is 0 Å². The first-order valence-corrected chi connectivity index (χ1v) is 7.92. The number of rotatable bonds is 6. The van der Waals surface area contributed by atoms with Crippen LogP contribution in [0.15, 0.2) is 18.2 Å². The quantitative estimate of drug-likeness (QED) is 0.865. The van der Waals surface area contributed by atoms with Gasteiger partial charge in [0.2, 0.25) is 0 Å². The molecule has 3 nitrogen and oxygen atoms in total. The molecule has 2 unspecified atom stereocenters. The molecule has 1 heterocycles. The van der Waals surface area contributed by atoms with Gasteiger partial charge in [0.25, 0.3) is 0 Å². The van der Waals surface area contributed by atoms with Crippen molar-refractivity contribution >= 4 is 0 Å². The molecule has 1 aliphatic heterocycles. The zero-order valence-corrected chi connectivity index (χ0v) is 12.4. The van der Waals surface area contributed by atoms with E-state index in [9.17, 15) is 0 Å². The molecular weight excluding hydrogens is 250 g/mol. The van der Waals surface area contributed by atoms with Crippen LogP contribution in [-0.4, -0.2) is 32.4 Å². The summed E-state index contributed by atoms with van der Waals surface area (Å²) in [5.41, 5.74) is 2.98. The number of hydrogen-bond acceptors (Lipinski definition) is 3. The van der Waals surface area contributed by atoms with E-state index >= 15 is 0 Å². The Bertz CT molecular complexity index is 441. The van der Waals surface area contributed by atoms with Crippen LogP contribution in [0.25, 0.3) is 0 Å². The van der Waals surface area contributed by atoms with Gasteiger partial charge in [0, 0.05) is 18.6 Å². The summed E-state index contributed by atoms with van der Waals surface area (Å²) in [5, 5.41) is 3.54. The molecular formula is C17H25NO2. The second-order valence-corrected chi connectivity index (χ2v) is 5.88. The zero-order chi connectivity index (χ0) is 13.8. The van der Waals surface area contributed by atoms with Gasteiger partial charge in [-0.05, 0) is 55.5 Å². The fourth-order valence-corrected chi connectivity index (χ4v) is 3.32. The van der Waals surface area contributed by atoms with Crippen LogP contribution < -0.4 is 10.1 Å². The van der Waals surface area contributed by atoms with Crippen LogP contribution >= 0.6 is 0 Å². The molecule has 0 spiro atoms. The van der Waals surface area contributed by atoms with Crippen LogP contribution in [-0.2, 0) is 17.6 Å². The Morgan fingerprint density at radius 3 is 3.05 bits per heavy atom. The summed E-state index contributed by atoms with van der Waals surface area (Å²) in [6.45, 7) is 5.63. The number of fused-ring (bicyclic) bond motifs is 1. The van der Waals surface area contributed by atoms with E-state index in [1.807, 2.05) is 0 Å². The summed E-state index contributed by atoms with van der Waals surface area (Å²) in [7, 11) is 0. The van der Waals surface area contributed by atoms with E-state index in [1.165, 1.54) is 30.4 Å². The van der Waals surface area contributed by atoms with E-state index in [2.05, 4.69) is 30.4 Å². The van der Waals surface area contributed by atoms with Crippen LogP contribution in [0.2, 0.25) is 0 Å². The molecule has 1 saturated heterocycles.